The first-order chi connectivity index (χ1) is 13.0. The van der Waals surface area contributed by atoms with E-state index < -0.39 is 5.25 Å². The summed E-state index contributed by atoms with van der Waals surface area (Å²) in [7, 11) is 0. The minimum Gasteiger partial charge on any atom is -0.378 e. The van der Waals surface area contributed by atoms with Crippen molar-refractivity contribution in [3.05, 3.63) is 48.0 Å². The maximum absolute atomic E-state index is 12.4. The topological polar surface area (TPSA) is 97.4 Å². The average Bonchev–Trinajstić information content (AvgIpc) is 3.19. The molecule has 1 aliphatic rings. The fourth-order valence-corrected chi connectivity index (χ4v) is 4.57. The highest BCUT2D eigenvalue weighted by atomic mass is 32.2. The number of nitrogens with one attached hydrogen (secondary N) is 1. The highest BCUT2D eigenvalue weighted by Gasteiger charge is 2.29. The molecule has 1 unspecified atom stereocenters. The van der Waals surface area contributed by atoms with Crippen LogP contribution in [-0.2, 0) is 9.59 Å². The molecule has 1 atom stereocenters. The average molecular weight is 396 g/mol. The van der Waals surface area contributed by atoms with Crippen molar-refractivity contribution >= 4 is 56.0 Å². The Labute approximate surface area is 163 Å². The van der Waals surface area contributed by atoms with Crippen molar-refractivity contribution in [2.24, 2.45) is 10.7 Å². The van der Waals surface area contributed by atoms with Crippen LogP contribution in [0.2, 0.25) is 0 Å². The van der Waals surface area contributed by atoms with E-state index in [-0.39, 0.29) is 23.4 Å². The van der Waals surface area contributed by atoms with Crippen molar-refractivity contribution in [2.75, 3.05) is 5.32 Å². The lowest BCUT2D eigenvalue weighted by molar-refractivity contribution is -0.121. The number of hydrogen-bond donors (Lipinski definition) is 2. The Morgan fingerprint density at radius 3 is 2.81 bits per heavy atom. The number of carbonyl (C=O) groups excluding carboxylic acids is 2. The van der Waals surface area contributed by atoms with Crippen LogP contribution in [0.15, 0.2) is 47.5 Å². The molecule has 2 heterocycles. The molecule has 3 aromatic rings. The predicted octanol–water partition coefficient (Wildman–Crippen LogP) is 3.56. The van der Waals surface area contributed by atoms with Crippen LogP contribution in [0, 0.1) is 6.92 Å². The highest BCUT2D eigenvalue weighted by Crippen LogP contribution is 2.32. The number of aromatic nitrogens is 1. The number of fused-ring (bicyclic) bond motifs is 1. The van der Waals surface area contributed by atoms with Crippen molar-refractivity contribution in [3.8, 4) is 10.6 Å². The van der Waals surface area contributed by atoms with Crippen LogP contribution in [0.1, 0.15) is 12.0 Å². The molecule has 0 aliphatic carbocycles. The molecule has 1 aliphatic heterocycles. The van der Waals surface area contributed by atoms with Crippen LogP contribution in [0.3, 0.4) is 0 Å². The zero-order valence-corrected chi connectivity index (χ0v) is 16.1. The summed E-state index contributed by atoms with van der Waals surface area (Å²) in [6.07, 6.45) is 0.0402. The van der Waals surface area contributed by atoms with Crippen LogP contribution in [0.4, 0.5) is 5.69 Å². The Kier molecular flexibility index (Phi) is 4.67. The first-order valence-corrected chi connectivity index (χ1v) is 10.0. The summed E-state index contributed by atoms with van der Waals surface area (Å²) >= 11 is 2.74. The summed E-state index contributed by atoms with van der Waals surface area (Å²) in [5.41, 5.74) is 9.08. The first-order valence-electron chi connectivity index (χ1n) is 8.31. The smallest absolute Gasteiger partial charge is 0.262 e. The number of aliphatic imine (C=N–C) groups is 1. The Bertz CT molecular complexity index is 1060. The number of hydrogen-bond acceptors (Lipinski definition) is 6. The van der Waals surface area contributed by atoms with Crippen LogP contribution in [0.5, 0.6) is 0 Å². The lowest BCUT2D eigenvalue weighted by atomic mass is 10.1. The third-order valence-corrected chi connectivity index (χ3v) is 6.25. The van der Waals surface area contributed by atoms with Gasteiger partial charge in [0.2, 0.25) is 5.91 Å². The van der Waals surface area contributed by atoms with Gasteiger partial charge in [-0.3, -0.25) is 9.59 Å². The van der Waals surface area contributed by atoms with Gasteiger partial charge in [-0.25, -0.2) is 4.98 Å². The quantitative estimate of drug-likeness (QED) is 0.703. The van der Waals surface area contributed by atoms with Gasteiger partial charge in [0.25, 0.3) is 5.91 Å². The Balaban J connectivity index is 1.54. The number of nitrogens with two attached hydrogens (primary N) is 1. The van der Waals surface area contributed by atoms with Crippen LogP contribution >= 0.6 is 23.1 Å². The zero-order valence-electron chi connectivity index (χ0n) is 14.4. The number of nitrogens with zero attached hydrogens (tertiary/aromatic N) is 2. The molecule has 2 aromatic carbocycles. The standard InChI is InChI=1S/C19H16N4O2S2/c1-10-6-7-11(18-22-12-4-2-3-5-14(12)26-18)8-13(10)21-16(24)9-15-17(25)23-19(20)27-15/h2-8,15H,9H2,1H3,(H,21,24)(H2,20,23,25). The molecule has 0 bridgehead atoms. The Morgan fingerprint density at radius 2 is 2.07 bits per heavy atom. The summed E-state index contributed by atoms with van der Waals surface area (Å²) in [6, 6.07) is 13.8. The van der Waals surface area contributed by atoms with Crippen molar-refractivity contribution in [1.82, 2.24) is 4.98 Å². The van der Waals surface area contributed by atoms with E-state index in [0.29, 0.717) is 5.69 Å². The van der Waals surface area contributed by atoms with Crippen LogP contribution in [0.25, 0.3) is 20.8 Å². The number of thioether (sulfide) groups is 1. The first kappa shape index (κ1) is 17.7. The minimum atomic E-state index is -0.544. The van der Waals surface area contributed by atoms with Gasteiger partial charge in [-0.05, 0) is 30.7 Å². The maximum Gasteiger partial charge on any atom is 0.262 e. The number of benzene rings is 2. The minimum absolute atomic E-state index is 0.0402. The van der Waals surface area contributed by atoms with Gasteiger partial charge in [0, 0.05) is 17.7 Å². The SMILES string of the molecule is Cc1ccc(-c2nc3ccccc3s2)cc1NC(=O)CC1SC(N)=NC1=O. The molecule has 3 N–H and O–H groups in total. The van der Waals surface area contributed by atoms with E-state index in [4.69, 9.17) is 5.73 Å². The summed E-state index contributed by atoms with van der Waals surface area (Å²) in [4.78, 5) is 32.4. The Hall–Kier alpha value is -2.71. The molecule has 0 saturated heterocycles. The van der Waals surface area contributed by atoms with Gasteiger partial charge < -0.3 is 11.1 Å². The number of anilines is 1. The fourth-order valence-electron chi connectivity index (χ4n) is 2.79. The van der Waals surface area contributed by atoms with Crippen molar-refractivity contribution in [1.29, 1.82) is 0 Å². The molecule has 0 fully saturated rings. The lowest BCUT2D eigenvalue weighted by Gasteiger charge is -2.11. The van der Waals surface area contributed by atoms with Gasteiger partial charge in [0.15, 0.2) is 5.17 Å². The fraction of sp³-hybridized carbons (Fsp3) is 0.158. The molecule has 0 saturated carbocycles. The van der Waals surface area contributed by atoms with E-state index in [2.05, 4.69) is 15.3 Å². The predicted molar refractivity (Wildman–Crippen MR) is 111 cm³/mol. The number of amidine groups is 1. The van der Waals surface area contributed by atoms with Gasteiger partial charge in [-0.15, -0.1) is 11.3 Å². The number of amides is 2. The number of rotatable bonds is 4. The number of aryl methyl sites for hydroxylation is 1. The van der Waals surface area contributed by atoms with Crippen molar-refractivity contribution in [2.45, 2.75) is 18.6 Å². The largest absolute Gasteiger partial charge is 0.378 e. The van der Waals surface area contributed by atoms with Gasteiger partial charge in [-0.1, -0.05) is 36.0 Å². The van der Waals surface area contributed by atoms with Gasteiger partial charge >= 0.3 is 0 Å². The van der Waals surface area contributed by atoms with Gasteiger partial charge in [0.1, 0.15) is 10.3 Å². The zero-order chi connectivity index (χ0) is 19.0. The van der Waals surface area contributed by atoms with Crippen molar-refractivity contribution < 1.29 is 9.59 Å². The van der Waals surface area contributed by atoms with Gasteiger partial charge in [0.05, 0.1) is 10.2 Å². The van der Waals surface area contributed by atoms with E-state index in [1.165, 1.54) is 0 Å². The molecule has 4 rings (SSSR count). The number of thiazole rings is 1. The maximum atomic E-state index is 12.4. The second-order valence-corrected chi connectivity index (χ2v) is 8.42. The normalized spacial score (nSPS) is 16.6. The van der Waals surface area contributed by atoms with E-state index in [1.54, 1.807) is 11.3 Å². The molecular weight excluding hydrogens is 380 g/mol. The molecule has 0 radical (unpaired) electrons. The Morgan fingerprint density at radius 1 is 1.26 bits per heavy atom. The third-order valence-electron chi connectivity index (χ3n) is 4.18. The summed E-state index contributed by atoms with van der Waals surface area (Å²) < 4.78 is 1.12. The van der Waals surface area contributed by atoms with Crippen molar-refractivity contribution in [3.63, 3.8) is 0 Å². The van der Waals surface area contributed by atoms with E-state index in [9.17, 15) is 9.59 Å². The molecule has 27 heavy (non-hydrogen) atoms. The third kappa shape index (κ3) is 3.72. The van der Waals surface area contributed by atoms with E-state index in [1.807, 2.05) is 49.4 Å². The van der Waals surface area contributed by atoms with E-state index >= 15 is 0 Å². The van der Waals surface area contributed by atoms with E-state index in [0.717, 1.165) is 38.1 Å². The van der Waals surface area contributed by atoms with Crippen LogP contribution in [-0.4, -0.2) is 27.2 Å². The monoisotopic (exact) mass is 396 g/mol. The summed E-state index contributed by atoms with van der Waals surface area (Å²) in [6.45, 7) is 1.92. The molecule has 0 spiro atoms. The van der Waals surface area contributed by atoms with Crippen LogP contribution < -0.4 is 11.1 Å². The second kappa shape index (κ2) is 7.13. The molecular formula is C19H16N4O2S2. The molecule has 8 heteroatoms. The molecule has 6 nitrogen and oxygen atoms in total. The van der Waals surface area contributed by atoms with Gasteiger partial charge in [-0.2, -0.15) is 4.99 Å². The lowest BCUT2D eigenvalue weighted by Crippen LogP contribution is -2.22. The molecule has 136 valence electrons. The second-order valence-electron chi connectivity index (χ2n) is 6.16. The molecule has 2 amide bonds. The summed E-state index contributed by atoms with van der Waals surface area (Å²) in [5.74, 6) is -0.595. The molecule has 1 aromatic heterocycles. The number of para-hydroxylation sites is 1. The highest BCUT2D eigenvalue weighted by molar-refractivity contribution is 8.15. The summed E-state index contributed by atoms with van der Waals surface area (Å²) in [5, 5.41) is 3.47. The number of carbonyl (C=O) groups is 2.